The minimum Gasteiger partial charge on any atom is -0.392 e. The third-order valence-electron chi connectivity index (χ3n) is 4.84. The molecule has 0 aliphatic carbocycles. The number of fused-ring (bicyclic) bond motifs is 1. The Hall–Kier alpha value is -3.12. The van der Waals surface area contributed by atoms with Crippen LogP contribution < -0.4 is 16.8 Å². The molecule has 0 aliphatic heterocycles. The first-order valence-corrected chi connectivity index (χ1v) is 10.6. The number of aliphatic imine (C=N–C) groups is 1. The number of nitrogen functional groups attached to an aromatic ring is 1. The topological polar surface area (TPSA) is 130 Å². The van der Waals surface area contributed by atoms with Crippen molar-refractivity contribution < 1.29 is 9.90 Å². The van der Waals surface area contributed by atoms with Gasteiger partial charge in [-0.05, 0) is 31.1 Å². The Kier molecular flexibility index (Phi) is 9.47. The lowest BCUT2D eigenvalue weighted by molar-refractivity contribution is -0.115. The van der Waals surface area contributed by atoms with E-state index < -0.39 is 12.0 Å². The molecule has 1 unspecified atom stereocenters. The van der Waals surface area contributed by atoms with Crippen LogP contribution >= 0.6 is 11.6 Å². The van der Waals surface area contributed by atoms with Gasteiger partial charge in [0.05, 0.1) is 17.4 Å². The Morgan fingerprint density at radius 3 is 2.78 bits per heavy atom. The highest BCUT2D eigenvalue weighted by atomic mass is 35.5. The molecule has 1 amide bonds. The summed E-state index contributed by atoms with van der Waals surface area (Å²) in [5, 5.41) is 14.9. The molecule has 0 saturated heterocycles. The number of aliphatic hydroxyl groups is 1. The number of benzene rings is 1. The van der Waals surface area contributed by atoms with Crippen LogP contribution in [0.5, 0.6) is 0 Å². The average Bonchev–Trinajstić information content (AvgIpc) is 2.78. The van der Waals surface area contributed by atoms with Crippen molar-refractivity contribution >= 4 is 39.8 Å². The average molecular weight is 457 g/mol. The predicted octanol–water partition coefficient (Wildman–Crippen LogP) is 1.55. The Balaban J connectivity index is 2.13. The fraction of sp³-hybridized carbons (Fsp3) is 0.348. The van der Waals surface area contributed by atoms with Gasteiger partial charge in [-0.15, -0.1) is 0 Å². The monoisotopic (exact) mass is 456 g/mol. The molecule has 9 heteroatoms. The molecule has 6 N–H and O–H groups in total. The molecule has 1 aromatic carbocycles. The predicted molar refractivity (Wildman–Crippen MR) is 130 cm³/mol. The third kappa shape index (κ3) is 6.95. The number of carbonyl (C=O) groups excluding carboxylic acids is 1. The minimum atomic E-state index is -0.688. The van der Waals surface area contributed by atoms with Crippen molar-refractivity contribution in [2.45, 2.75) is 20.0 Å². The molecule has 32 heavy (non-hydrogen) atoms. The Bertz CT molecular complexity index is 1080. The Morgan fingerprint density at radius 1 is 1.41 bits per heavy atom. The van der Waals surface area contributed by atoms with Crippen LogP contribution in [0.3, 0.4) is 0 Å². The first-order valence-electron chi connectivity index (χ1n) is 10.3. The summed E-state index contributed by atoms with van der Waals surface area (Å²) in [4.78, 5) is 22.6. The van der Waals surface area contributed by atoms with Gasteiger partial charge >= 0.3 is 0 Å². The normalized spacial score (nSPS) is 13.1. The van der Waals surface area contributed by atoms with Crippen molar-refractivity contribution in [2.75, 3.05) is 39.0 Å². The van der Waals surface area contributed by atoms with Crippen LogP contribution in [-0.4, -0.2) is 65.9 Å². The number of likely N-dealkylation sites (N-methyl/N-ethyl adjacent to an activating group) is 1. The number of aliphatic hydroxyl groups excluding tert-OH is 1. The van der Waals surface area contributed by atoms with Crippen molar-refractivity contribution in [3.8, 4) is 11.8 Å². The summed E-state index contributed by atoms with van der Waals surface area (Å²) in [5.74, 6) is 5.50. The van der Waals surface area contributed by atoms with Crippen LogP contribution in [0.1, 0.15) is 19.4 Å². The van der Waals surface area contributed by atoms with Gasteiger partial charge in [-0.1, -0.05) is 37.4 Å². The molecule has 0 aliphatic rings. The van der Waals surface area contributed by atoms with E-state index in [1.54, 1.807) is 18.3 Å². The summed E-state index contributed by atoms with van der Waals surface area (Å²) in [7, 11) is 1.48. The number of nitrogens with zero attached hydrogens (tertiary/aromatic N) is 3. The second-order valence-electron chi connectivity index (χ2n) is 7.06. The fourth-order valence-corrected chi connectivity index (χ4v) is 3.20. The lowest BCUT2D eigenvalue weighted by atomic mass is 10.1. The number of amides is 1. The molecule has 170 valence electrons. The first-order chi connectivity index (χ1) is 15.3. The number of rotatable bonds is 8. The maximum absolute atomic E-state index is 12.4. The number of hydrogen-bond donors (Lipinski definition) is 4. The van der Waals surface area contributed by atoms with Crippen molar-refractivity contribution in [2.24, 2.45) is 10.7 Å². The number of anilines is 1. The Morgan fingerprint density at radius 2 is 2.12 bits per heavy atom. The van der Waals surface area contributed by atoms with E-state index in [1.807, 2.05) is 19.9 Å². The van der Waals surface area contributed by atoms with E-state index in [1.165, 1.54) is 13.1 Å². The maximum Gasteiger partial charge on any atom is 0.269 e. The highest BCUT2D eigenvalue weighted by molar-refractivity contribution is 6.43. The summed E-state index contributed by atoms with van der Waals surface area (Å²) in [5.41, 5.74) is 12.7. The molecule has 8 nitrogen and oxygen atoms in total. The van der Waals surface area contributed by atoms with Gasteiger partial charge in [-0.3, -0.25) is 9.79 Å². The third-order valence-corrected chi connectivity index (χ3v) is 5.08. The zero-order valence-corrected chi connectivity index (χ0v) is 19.3. The standard InChI is InChI=1S/C23H29ClN6O2/c1-4-30(5-2)14-18(31)13-29-23(32)21(27-3)11-17(25)8-9-19-20-10-16(24)7-6-15(20)12-28-22(19)26/h6-7,10-12,18,31H,4-5,13-14,25H2,1-3H3,(H2,26,28)(H,29,32). The van der Waals surface area contributed by atoms with E-state index in [2.05, 4.69) is 32.0 Å². The van der Waals surface area contributed by atoms with E-state index in [-0.39, 0.29) is 23.8 Å². The zero-order valence-electron chi connectivity index (χ0n) is 18.5. The number of aromatic nitrogens is 1. The quantitative estimate of drug-likeness (QED) is 0.352. The fourth-order valence-electron chi connectivity index (χ4n) is 3.03. The lowest BCUT2D eigenvalue weighted by Gasteiger charge is -2.21. The molecule has 1 aromatic heterocycles. The minimum absolute atomic E-state index is 0.0962. The van der Waals surface area contributed by atoms with Gasteiger partial charge in [0, 0.05) is 48.2 Å². The van der Waals surface area contributed by atoms with Gasteiger partial charge in [0.15, 0.2) is 0 Å². The summed E-state index contributed by atoms with van der Waals surface area (Å²) in [6, 6.07) is 5.35. The first kappa shape index (κ1) is 25.1. The summed E-state index contributed by atoms with van der Waals surface area (Å²) < 4.78 is 0. The van der Waals surface area contributed by atoms with E-state index in [0.717, 1.165) is 23.9 Å². The highest BCUT2D eigenvalue weighted by Gasteiger charge is 2.13. The number of pyridine rings is 1. The van der Waals surface area contributed by atoms with Crippen LogP contribution in [0.15, 0.2) is 41.2 Å². The van der Waals surface area contributed by atoms with Gasteiger partial charge < -0.3 is 26.8 Å². The van der Waals surface area contributed by atoms with E-state index in [0.29, 0.717) is 17.1 Å². The van der Waals surface area contributed by atoms with Gasteiger partial charge in [0.1, 0.15) is 11.5 Å². The number of halogens is 1. The van der Waals surface area contributed by atoms with Crippen LogP contribution in [0.4, 0.5) is 5.82 Å². The van der Waals surface area contributed by atoms with E-state index >= 15 is 0 Å². The van der Waals surface area contributed by atoms with Crippen molar-refractivity contribution in [1.29, 1.82) is 0 Å². The maximum atomic E-state index is 12.4. The number of carbonyl (C=O) groups is 1. The second kappa shape index (κ2) is 12.1. The summed E-state index contributed by atoms with van der Waals surface area (Å²) >= 11 is 6.10. The zero-order chi connectivity index (χ0) is 23.7. The molecule has 2 aromatic rings. The largest absolute Gasteiger partial charge is 0.392 e. The van der Waals surface area contributed by atoms with Gasteiger partial charge in [-0.2, -0.15) is 0 Å². The molecular weight excluding hydrogens is 428 g/mol. The smallest absolute Gasteiger partial charge is 0.269 e. The second-order valence-corrected chi connectivity index (χ2v) is 7.49. The lowest BCUT2D eigenvalue weighted by Crippen LogP contribution is -2.41. The number of nitrogens with one attached hydrogen (secondary N) is 1. The Labute approximate surface area is 193 Å². The molecule has 0 radical (unpaired) electrons. The van der Waals surface area contributed by atoms with Gasteiger partial charge in [0.2, 0.25) is 0 Å². The van der Waals surface area contributed by atoms with E-state index in [9.17, 15) is 9.90 Å². The van der Waals surface area contributed by atoms with Crippen molar-refractivity contribution in [3.05, 3.63) is 46.8 Å². The number of nitrogens with two attached hydrogens (primary N) is 2. The highest BCUT2D eigenvalue weighted by Crippen LogP contribution is 2.24. The molecule has 0 saturated carbocycles. The van der Waals surface area contributed by atoms with Crippen LogP contribution in [0.25, 0.3) is 10.8 Å². The van der Waals surface area contributed by atoms with E-state index in [4.69, 9.17) is 23.1 Å². The summed E-state index contributed by atoms with van der Waals surface area (Å²) in [6.07, 6.45) is 2.33. The molecule has 0 fully saturated rings. The molecule has 1 atom stereocenters. The van der Waals surface area contributed by atoms with Crippen LogP contribution in [0, 0.1) is 11.8 Å². The summed E-state index contributed by atoms with van der Waals surface area (Å²) in [6.45, 7) is 6.25. The molecular formula is C23H29ClN6O2. The van der Waals surface area contributed by atoms with Crippen LogP contribution in [-0.2, 0) is 4.79 Å². The van der Waals surface area contributed by atoms with Crippen LogP contribution in [0.2, 0.25) is 5.02 Å². The molecule has 2 rings (SSSR count). The van der Waals surface area contributed by atoms with Gasteiger partial charge in [-0.25, -0.2) is 4.98 Å². The molecule has 0 bridgehead atoms. The SMILES string of the molecule is CCN(CC)CC(O)CNC(=O)C(C=C(N)C#Cc1c(N)ncc2ccc(Cl)cc12)=NC. The molecule has 1 heterocycles. The number of hydrogen-bond acceptors (Lipinski definition) is 7. The van der Waals surface area contributed by atoms with Crippen molar-refractivity contribution in [3.63, 3.8) is 0 Å². The molecule has 0 spiro atoms. The van der Waals surface area contributed by atoms with Gasteiger partial charge in [0.25, 0.3) is 5.91 Å². The number of allylic oxidation sites excluding steroid dienone is 1. The van der Waals surface area contributed by atoms with Crippen molar-refractivity contribution in [1.82, 2.24) is 15.2 Å².